The first-order valence-corrected chi connectivity index (χ1v) is 8.68. The van der Waals surface area contributed by atoms with Gasteiger partial charge in [-0.15, -0.1) is 0 Å². The fraction of sp³-hybridized carbons (Fsp3) is 0.833. The van der Waals surface area contributed by atoms with E-state index in [9.17, 15) is 13.6 Å². The van der Waals surface area contributed by atoms with Crippen molar-refractivity contribution in [3.8, 4) is 0 Å². The minimum Gasteiger partial charge on any atom is -0.300 e. The van der Waals surface area contributed by atoms with Crippen molar-refractivity contribution in [3.05, 3.63) is 12.2 Å². The highest BCUT2D eigenvalue weighted by Crippen LogP contribution is 2.34. The maximum atomic E-state index is 12.2. The number of halogens is 2. The molecule has 0 radical (unpaired) electrons. The van der Waals surface area contributed by atoms with Crippen molar-refractivity contribution in [2.45, 2.75) is 77.0 Å². The summed E-state index contributed by atoms with van der Waals surface area (Å²) in [5, 5.41) is 0. The number of allylic oxidation sites excluding steroid dienone is 1. The van der Waals surface area contributed by atoms with Crippen molar-refractivity contribution in [2.24, 2.45) is 17.8 Å². The number of Topliss-reactive ketones (excluding diaryl/α,β-unsaturated/α-hetero) is 1. The van der Waals surface area contributed by atoms with Crippen molar-refractivity contribution in [2.75, 3.05) is 0 Å². The fourth-order valence-corrected chi connectivity index (χ4v) is 3.98. The van der Waals surface area contributed by atoms with Gasteiger partial charge in [-0.2, -0.15) is 8.78 Å². The van der Waals surface area contributed by atoms with Crippen LogP contribution in [0.5, 0.6) is 0 Å². The van der Waals surface area contributed by atoms with Gasteiger partial charge >= 0.3 is 0 Å². The van der Waals surface area contributed by atoms with Crippen molar-refractivity contribution in [1.82, 2.24) is 0 Å². The van der Waals surface area contributed by atoms with Crippen molar-refractivity contribution in [1.29, 1.82) is 0 Å². The second kappa shape index (κ2) is 8.65. The Morgan fingerprint density at radius 1 is 0.905 bits per heavy atom. The van der Waals surface area contributed by atoms with Crippen LogP contribution in [0.1, 0.15) is 77.0 Å². The lowest BCUT2D eigenvalue weighted by atomic mass is 9.79. The summed E-state index contributed by atoms with van der Waals surface area (Å²) in [5.41, 5.74) is 0. The van der Waals surface area contributed by atoms with E-state index in [1.807, 2.05) is 0 Å². The average molecular weight is 298 g/mol. The van der Waals surface area contributed by atoms with Crippen LogP contribution in [0, 0.1) is 17.8 Å². The highest BCUT2D eigenvalue weighted by molar-refractivity contribution is 5.78. The Hall–Kier alpha value is -0.730. The summed E-state index contributed by atoms with van der Waals surface area (Å²) in [6, 6.07) is 0. The quantitative estimate of drug-likeness (QED) is 0.558. The summed E-state index contributed by atoms with van der Waals surface area (Å²) in [6.07, 6.45) is 12.6. The molecule has 3 heteroatoms. The number of hydrogen-bond donors (Lipinski definition) is 0. The zero-order valence-electron chi connectivity index (χ0n) is 13.0. The molecule has 0 unspecified atom stereocenters. The molecule has 0 aromatic carbocycles. The molecule has 0 N–H and O–H groups in total. The van der Waals surface area contributed by atoms with Gasteiger partial charge in [-0.3, -0.25) is 4.79 Å². The molecule has 0 aliphatic heterocycles. The van der Waals surface area contributed by atoms with Crippen LogP contribution < -0.4 is 0 Å². The molecule has 0 heterocycles. The van der Waals surface area contributed by atoms with Crippen LogP contribution in [0.4, 0.5) is 8.78 Å². The Kier molecular flexibility index (Phi) is 6.85. The third kappa shape index (κ3) is 6.27. The van der Waals surface area contributed by atoms with Crippen LogP contribution in [0.2, 0.25) is 0 Å². The third-order valence-corrected chi connectivity index (χ3v) is 5.39. The smallest absolute Gasteiger partial charge is 0.266 e. The molecule has 0 bridgehead atoms. The monoisotopic (exact) mass is 298 g/mol. The van der Waals surface area contributed by atoms with E-state index in [-0.39, 0.29) is 5.92 Å². The molecule has 2 aliphatic rings. The van der Waals surface area contributed by atoms with Gasteiger partial charge in [0.1, 0.15) is 5.78 Å². The van der Waals surface area contributed by atoms with E-state index in [1.165, 1.54) is 25.7 Å². The lowest BCUT2D eigenvalue weighted by Gasteiger charge is -2.27. The summed E-state index contributed by atoms with van der Waals surface area (Å²) in [5.74, 6) is 2.09. The van der Waals surface area contributed by atoms with Crippen LogP contribution >= 0.6 is 0 Å². The fourth-order valence-electron chi connectivity index (χ4n) is 3.98. The third-order valence-electron chi connectivity index (χ3n) is 5.39. The first kappa shape index (κ1) is 16.6. The molecule has 2 rings (SSSR count). The first-order chi connectivity index (χ1) is 10.1. The minimum atomic E-state index is -1.51. The summed E-state index contributed by atoms with van der Waals surface area (Å²) < 4.78 is 24.4. The minimum absolute atomic E-state index is 0.117. The maximum absolute atomic E-state index is 12.2. The molecule has 0 aromatic heterocycles. The number of unbranched alkanes of at least 4 members (excludes halogenated alkanes) is 1. The lowest BCUT2D eigenvalue weighted by molar-refractivity contribution is -0.121. The van der Waals surface area contributed by atoms with E-state index in [0.717, 1.165) is 69.3 Å². The summed E-state index contributed by atoms with van der Waals surface area (Å²) >= 11 is 0. The Labute approximate surface area is 127 Å². The molecule has 0 spiro atoms. The standard InChI is InChI=1S/C18H28F2O/c19-18(20)13-16-7-5-14(6-8-16)3-1-2-4-15-9-11-17(21)12-10-15/h13-16H,1-12H2. The lowest BCUT2D eigenvalue weighted by Crippen LogP contribution is -2.14. The second-order valence-corrected chi connectivity index (χ2v) is 7.00. The van der Waals surface area contributed by atoms with Gasteiger partial charge in [-0.25, -0.2) is 0 Å². The van der Waals surface area contributed by atoms with E-state index in [1.54, 1.807) is 0 Å². The largest absolute Gasteiger partial charge is 0.300 e. The maximum Gasteiger partial charge on any atom is 0.266 e. The predicted octanol–water partition coefficient (Wildman–Crippen LogP) is 5.89. The van der Waals surface area contributed by atoms with Gasteiger partial charge in [-0.1, -0.05) is 25.7 Å². The van der Waals surface area contributed by atoms with Crippen LogP contribution in [0.25, 0.3) is 0 Å². The molecule has 2 aliphatic carbocycles. The molecule has 2 fully saturated rings. The van der Waals surface area contributed by atoms with E-state index in [2.05, 4.69) is 0 Å². The van der Waals surface area contributed by atoms with Crippen molar-refractivity contribution >= 4 is 5.78 Å². The van der Waals surface area contributed by atoms with Crippen LogP contribution in [0.15, 0.2) is 12.2 Å². The molecule has 0 amide bonds. The highest BCUT2D eigenvalue weighted by Gasteiger charge is 2.21. The Bertz CT molecular complexity index is 342. The SMILES string of the molecule is O=C1CCC(CCCCC2CCC(C=C(F)F)CC2)CC1. The molecular formula is C18H28F2O. The summed E-state index contributed by atoms with van der Waals surface area (Å²) in [7, 11) is 0. The molecule has 120 valence electrons. The van der Waals surface area contributed by atoms with Crippen LogP contribution in [0.3, 0.4) is 0 Å². The second-order valence-electron chi connectivity index (χ2n) is 7.00. The van der Waals surface area contributed by atoms with E-state index < -0.39 is 6.08 Å². The van der Waals surface area contributed by atoms with Gasteiger partial charge < -0.3 is 0 Å². The number of ketones is 1. The van der Waals surface area contributed by atoms with Gasteiger partial charge in [0, 0.05) is 12.8 Å². The normalized spacial score (nSPS) is 27.6. The average Bonchev–Trinajstić information content (AvgIpc) is 2.46. The van der Waals surface area contributed by atoms with Crippen molar-refractivity contribution < 1.29 is 13.6 Å². The molecule has 21 heavy (non-hydrogen) atoms. The predicted molar refractivity (Wildman–Crippen MR) is 81.2 cm³/mol. The summed E-state index contributed by atoms with van der Waals surface area (Å²) in [6.45, 7) is 0. The van der Waals surface area contributed by atoms with Crippen LogP contribution in [-0.4, -0.2) is 5.78 Å². The Morgan fingerprint density at radius 3 is 1.95 bits per heavy atom. The number of rotatable bonds is 6. The Balaban J connectivity index is 1.52. The first-order valence-electron chi connectivity index (χ1n) is 8.68. The van der Waals surface area contributed by atoms with Gasteiger partial charge in [0.25, 0.3) is 6.08 Å². The molecular weight excluding hydrogens is 270 g/mol. The molecule has 0 saturated heterocycles. The van der Waals surface area contributed by atoms with Gasteiger partial charge in [0.05, 0.1) is 0 Å². The molecule has 0 aromatic rings. The van der Waals surface area contributed by atoms with E-state index >= 15 is 0 Å². The molecule has 0 atom stereocenters. The van der Waals surface area contributed by atoms with E-state index in [4.69, 9.17) is 0 Å². The topological polar surface area (TPSA) is 17.1 Å². The molecule has 2 saturated carbocycles. The summed E-state index contributed by atoms with van der Waals surface area (Å²) in [4.78, 5) is 11.2. The zero-order valence-corrected chi connectivity index (χ0v) is 13.0. The number of carbonyl (C=O) groups is 1. The van der Waals surface area contributed by atoms with E-state index in [0.29, 0.717) is 5.78 Å². The molecule has 1 nitrogen and oxygen atoms in total. The number of carbonyl (C=O) groups excluding carboxylic acids is 1. The Morgan fingerprint density at radius 2 is 1.43 bits per heavy atom. The van der Waals surface area contributed by atoms with Crippen LogP contribution in [-0.2, 0) is 4.79 Å². The van der Waals surface area contributed by atoms with Gasteiger partial charge in [-0.05, 0) is 62.4 Å². The number of hydrogen-bond acceptors (Lipinski definition) is 1. The zero-order chi connectivity index (χ0) is 15.1. The van der Waals surface area contributed by atoms with Crippen molar-refractivity contribution in [3.63, 3.8) is 0 Å². The van der Waals surface area contributed by atoms with Gasteiger partial charge in [0.15, 0.2) is 0 Å². The van der Waals surface area contributed by atoms with Gasteiger partial charge in [0.2, 0.25) is 0 Å². The highest BCUT2D eigenvalue weighted by atomic mass is 19.3.